The largest absolute Gasteiger partial charge is 0.455 e. The standard InChI is InChI=1S/CH7B3O2/c2-1(3-5)4-6/h1,3-6H,2H2. The van der Waals surface area contributed by atoms with Gasteiger partial charge in [-0.1, -0.05) is 5.62 Å². The molecule has 0 saturated carbocycles. The van der Waals surface area contributed by atoms with Gasteiger partial charge in [-0.3, -0.25) is 0 Å². The minimum atomic E-state index is 0.0463. The van der Waals surface area contributed by atoms with E-state index in [0.29, 0.717) is 0 Å². The summed E-state index contributed by atoms with van der Waals surface area (Å²) in [4.78, 5) is 0. The van der Waals surface area contributed by atoms with Crippen LogP contribution in [0.2, 0.25) is 5.62 Å². The van der Waals surface area contributed by atoms with Gasteiger partial charge in [0.1, 0.15) is 0 Å². The molecule has 0 aliphatic rings. The molecule has 6 heavy (non-hydrogen) atoms. The fourth-order valence-corrected chi connectivity index (χ4v) is 0.0577. The van der Waals surface area contributed by atoms with Crippen molar-refractivity contribution in [1.82, 2.24) is 0 Å². The van der Waals surface area contributed by atoms with Gasteiger partial charge in [-0.2, -0.15) is 0 Å². The van der Waals surface area contributed by atoms with Gasteiger partial charge < -0.3 is 10.0 Å². The Morgan fingerprint density at radius 2 is 1.67 bits per heavy atom. The summed E-state index contributed by atoms with van der Waals surface area (Å²) in [6.45, 7) is 0. The van der Waals surface area contributed by atoms with E-state index in [9.17, 15) is 0 Å². The molecule has 0 aliphatic heterocycles. The van der Waals surface area contributed by atoms with Crippen LogP contribution >= 0.6 is 0 Å². The molecule has 0 radical (unpaired) electrons. The van der Waals surface area contributed by atoms with Gasteiger partial charge in [0.05, 0.1) is 7.85 Å². The summed E-state index contributed by atoms with van der Waals surface area (Å²) in [5, 5.41) is 16.3. The fraction of sp³-hybridized carbons (Fsp3) is 1.00. The first-order valence-corrected chi connectivity index (χ1v) is 2.03. The molecule has 0 bridgehead atoms. The predicted octanol–water partition coefficient (Wildman–Crippen LogP) is -2.99. The van der Waals surface area contributed by atoms with Crippen LogP contribution in [0.25, 0.3) is 0 Å². The van der Waals surface area contributed by atoms with Crippen molar-refractivity contribution in [1.29, 1.82) is 0 Å². The highest BCUT2D eigenvalue weighted by atomic mass is 16.2. The second-order valence-electron chi connectivity index (χ2n) is 1.47. The molecular formula is CH7B3O2. The SMILES string of the molecule is BC(BO)BO. The van der Waals surface area contributed by atoms with Crippen molar-refractivity contribution in [3.8, 4) is 0 Å². The molecule has 0 aliphatic carbocycles. The number of hydrogen-bond donors (Lipinski definition) is 2. The molecule has 2 N–H and O–H groups in total. The van der Waals surface area contributed by atoms with Gasteiger partial charge in [0, 0.05) is 0 Å². The molecule has 0 saturated heterocycles. The molecule has 0 aromatic heterocycles. The van der Waals surface area contributed by atoms with Crippen LogP contribution < -0.4 is 0 Å². The van der Waals surface area contributed by atoms with E-state index >= 15 is 0 Å². The molecule has 0 spiro atoms. The summed E-state index contributed by atoms with van der Waals surface area (Å²) in [5.74, 6) is 0. The Hall–Kier alpha value is 0.115. The molecule has 0 aromatic carbocycles. The summed E-state index contributed by atoms with van der Waals surface area (Å²) in [6.07, 6.45) is 0. The molecule has 2 nitrogen and oxygen atoms in total. The van der Waals surface area contributed by atoms with E-state index in [4.69, 9.17) is 10.0 Å². The van der Waals surface area contributed by atoms with E-state index in [2.05, 4.69) is 0 Å². The van der Waals surface area contributed by atoms with Gasteiger partial charge in [-0.05, 0) is 0 Å². The van der Waals surface area contributed by atoms with E-state index in [1.807, 2.05) is 0 Å². The third kappa shape index (κ3) is 2.36. The average molecular weight is 83.5 g/mol. The Bertz CT molecular complexity index is 28.0. The average Bonchev–Trinajstić information content (AvgIpc) is 1.65. The van der Waals surface area contributed by atoms with Gasteiger partial charge in [0.2, 0.25) is 0 Å². The Kier molecular flexibility index (Phi) is 3.37. The van der Waals surface area contributed by atoms with Crippen LogP contribution in [0.4, 0.5) is 0 Å². The minimum Gasteiger partial charge on any atom is -0.455 e. The maximum atomic E-state index is 8.17. The highest BCUT2D eigenvalue weighted by Gasteiger charge is 1.99. The molecular weight excluding hydrogens is 76.4 g/mol. The summed E-state index contributed by atoms with van der Waals surface area (Å²) in [7, 11) is 1.94. The van der Waals surface area contributed by atoms with Crippen molar-refractivity contribution in [3.05, 3.63) is 0 Å². The molecule has 0 fully saturated rings. The van der Waals surface area contributed by atoms with E-state index < -0.39 is 0 Å². The second kappa shape index (κ2) is 3.31. The van der Waals surface area contributed by atoms with Crippen molar-refractivity contribution < 1.29 is 10.0 Å². The smallest absolute Gasteiger partial charge is 0.261 e. The van der Waals surface area contributed by atoms with Crippen LogP contribution in [0.15, 0.2) is 0 Å². The zero-order valence-corrected chi connectivity index (χ0v) is 3.89. The Morgan fingerprint density at radius 1 is 1.33 bits per heavy atom. The normalized spacial score (nSPS) is 8.50. The van der Waals surface area contributed by atoms with Crippen LogP contribution in [-0.4, -0.2) is 32.9 Å². The second-order valence-corrected chi connectivity index (χ2v) is 1.47. The molecule has 5 heteroatoms. The van der Waals surface area contributed by atoms with Crippen molar-refractivity contribution in [2.24, 2.45) is 0 Å². The highest BCUT2D eigenvalue weighted by Crippen LogP contribution is 1.83. The summed E-state index contributed by atoms with van der Waals surface area (Å²) in [5.41, 5.74) is 0.0463. The van der Waals surface area contributed by atoms with Crippen molar-refractivity contribution in [2.75, 3.05) is 0 Å². The van der Waals surface area contributed by atoms with Gasteiger partial charge >= 0.3 is 0 Å². The van der Waals surface area contributed by atoms with Crippen LogP contribution in [0, 0.1) is 0 Å². The van der Waals surface area contributed by atoms with E-state index in [0.717, 1.165) is 0 Å². The Balaban J connectivity index is 2.75. The Labute approximate surface area is 39.5 Å². The lowest BCUT2D eigenvalue weighted by molar-refractivity contribution is 0.583. The van der Waals surface area contributed by atoms with Gasteiger partial charge in [-0.25, -0.2) is 0 Å². The quantitative estimate of drug-likeness (QED) is 0.350. The molecule has 32 valence electrons. The predicted molar refractivity (Wildman–Crippen MR) is 31.0 cm³/mol. The van der Waals surface area contributed by atoms with Crippen molar-refractivity contribution >= 4 is 22.8 Å². The zero-order chi connectivity index (χ0) is 4.99. The number of hydrogen-bond acceptors (Lipinski definition) is 2. The van der Waals surface area contributed by atoms with Crippen LogP contribution in [0.3, 0.4) is 0 Å². The first-order valence-electron chi connectivity index (χ1n) is 2.03. The highest BCUT2D eigenvalue weighted by molar-refractivity contribution is 6.64. The molecule has 0 unspecified atom stereocenters. The first kappa shape index (κ1) is 6.11. The summed E-state index contributed by atoms with van der Waals surface area (Å²) < 4.78 is 0. The molecule has 0 aromatic rings. The lowest BCUT2D eigenvalue weighted by Gasteiger charge is -1.91. The van der Waals surface area contributed by atoms with Crippen LogP contribution in [-0.2, 0) is 0 Å². The van der Waals surface area contributed by atoms with Gasteiger partial charge in [-0.15, -0.1) is 0 Å². The molecule has 0 rings (SSSR count). The summed E-state index contributed by atoms with van der Waals surface area (Å²) >= 11 is 0. The molecule has 0 amide bonds. The molecule has 0 atom stereocenters. The topological polar surface area (TPSA) is 40.5 Å². The number of rotatable bonds is 2. The van der Waals surface area contributed by atoms with E-state index in [-0.39, 0.29) is 20.6 Å². The lowest BCUT2D eigenvalue weighted by Crippen LogP contribution is -2.09. The zero-order valence-electron chi connectivity index (χ0n) is 3.89. The van der Waals surface area contributed by atoms with Crippen LogP contribution in [0.1, 0.15) is 0 Å². The van der Waals surface area contributed by atoms with Crippen LogP contribution in [0.5, 0.6) is 0 Å². The monoisotopic (exact) mass is 84.1 g/mol. The van der Waals surface area contributed by atoms with Crippen molar-refractivity contribution in [3.63, 3.8) is 0 Å². The lowest BCUT2D eigenvalue weighted by atomic mass is 9.51. The third-order valence-corrected chi connectivity index (χ3v) is 0.623. The van der Waals surface area contributed by atoms with E-state index in [1.165, 1.54) is 0 Å². The summed E-state index contributed by atoms with van der Waals surface area (Å²) in [6, 6.07) is 0. The first-order chi connectivity index (χ1) is 2.81. The van der Waals surface area contributed by atoms with Gasteiger partial charge in [0.15, 0.2) is 0 Å². The fourth-order valence-electron chi connectivity index (χ4n) is 0.0577. The maximum Gasteiger partial charge on any atom is 0.261 e. The van der Waals surface area contributed by atoms with Crippen molar-refractivity contribution in [2.45, 2.75) is 5.62 Å². The molecule has 0 heterocycles. The van der Waals surface area contributed by atoms with Gasteiger partial charge in [0.25, 0.3) is 15.0 Å². The Morgan fingerprint density at radius 3 is 1.67 bits per heavy atom. The minimum absolute atomic E-state index is 0.0463. The van der Waals surface area contributed by atoms with E-state index in [1.54, 1.807) is 7.85 Å². The maximum absolute atomic E-state index is 8.17. The third-order valence-electron chi connectivity index (χ3n) is 0.623.